The van der Waals surface area contributed by atoms with Crippen LogP contribution in [-0.2, 0) is 6.42 Å². The van der Waals surface area contributed by atoms with E-state index in [0.29, 0.717) is 24.2 Å². The predicted octanol–water partition coefficient (Wildman–Crippen LogP) is 0.668. The molecule has 0 aliphatic rings. The van der Waals surface area contributed by atoms with Gasteiger partial charge in [-0.05, 0) is 12.1 Å². The molecule has 2 rings (SSSR count). The second-order valence-electron chi connectivity index (χ2n) is 3.77. The summed E-state index contributed by atoms with van der Waals surface area (Å²) in [5, 5.41) is 2.83. The Hall–Kier alpha value is -2.34. The number of nitrogen functional groups attached to an aromatic ring is 1. The van der Waals surface area contributed by atoms with Crippen LogP contribution < -0.4 is 16.6 Å². The summed E-state index contributed by atoms with van der Waals surface area (Å²) in [4.78, 5) is 18.8. The molecule has 1 aromatic heterocycles. The van der Waals surface area contributed by atoms with E-state index in [4.69, 9.17) is 5.84 Å². The molecule has 94 valence electrons. The highest BCUT2D eigenvalue weighted by Gasteiger charge is 2.09. The molecule has 0 unspecified atom stereocenters. The third kappa shape index (κ3) is 2.86. The molecular weight excluding hydrogens is 230 g/mol. The first-order chi connectivity index (χ1) is 8.81. The molecule has 2 aromatic rings. The van der Waals surface area contributed by atoms with Gasteiger partial charge in [-0.15, -0.1) is 0 Å². The van der Waals surface area contributed by atoms with E-state index in [9.17, 15) is 4.79 Å². The molecule has 1 aromatic carbocycles. The molecule has 0 spiro atoms. The fraction of sp³-hybridized carbons (Fsp3) is 0.167. The molecule has 0 saturated heterocycles. The number of carbonyl (C=O) groups excluding carboxylic acids is 1. The van der Waals surface area contributed by atoms with Crippen molar-refractivity contribution in [3.05, 3.63) is 48.0 Å². The van der Waals surface area contributed by atoms with Gasteiger partial charge in [0.25, 0.3) is 5.91 Å². The number of carbonyl (C=O) groups is 1. The molecule has 0 fully saturated rings. The Balaban J connectivity index is 1.91. The molecular formula is C12H15N5O. The SMILES string of the molecule is NNc1ccccc1C(=O)NCCc1cnc[nH]1. The number of hydrogen-bond donors (Lipinski definition) is 4. The van der Waals surface area contributed by atoms with E-state index in [2.05, 4.69) is 20.7 Å². The maximum Gasteiger partial charge on any atom is 0.253 e. The lowest BCUT2D eigenvalue weighted by molar-refractivity contribution is 0.0955. The highest BCUT2D eigenvalue weighted by atomic mass is 16.1. The van der Waals surface area contributed by atoms with Gasteiger partial charge in [-0.25, -0.2) is 4.98 Å². The number of aromatic nitrogens is 2. The molecule has 0 atom stereocenters. The van der Waals surface area contributed by atoms with Crippen molar-refractivity contribution in [2.45, 2.75) is 6.42 Å². The fourth-order valence-electron chi connectivity index (χ4n) is 1.63. The zero-order chi connectivity index (χ0) is 12.8. The van der Waals surface area contributed by atoms with Gasteiger partial charge in [-0.1, -0.05) is 12.1 Å². The number of nitrogens with one attached hydrogen (secondary N) is 3. The first kappa shape index (κ1) is 12.1. The minimum atomic E-state index is -0.150. The summed E-state index contributed by atoms with van der Waals surface area (Å²) >= 11 is 0. The summed E-state index contributed by atoms with van der Waals surface area (Å²) < 4.78 is 0. The van der Waals surface area contributed by atoms with E-state index in [-0.39, 0.29) is 5.91 Å². The van der Waals surface area contributed by atoms with E-state index in [1.54, 1.807) is 30.7 Å². The van der Waals surface area contributed by atoms with E-state index in [0.717, 1.165) is 5.69 Å². The summed E-state index contributed by atoms with van der Waals surface area (Å²) in [5.74, 6) is 5.20. The quantitative estimate of drug-likeness (QED) is 0.460. The second-order valence-corrected chi connectivity index (χ2v) is 3.77. The van der Waals surface area contributed by atoms with E-state index in [1.165, 1.54) is 0 Å². The average molecular weight is 245 g/mol. The summed E-state index contributed by atoms with van der Waals surface area (Å²) in [6, 6.07) is 7.09. The number of H-pyrrole nitrogens is 1. The molecule has 1 amide bonds. The summed E-state index contributed by atoms with van der Waals surface area (Å²) in [6.45, 7) is 0.542. The van der Waals surface area contributed by atoms with Crippen LogP contribution in [0.4, 0.5) is 5.69 Å². The highest BCUT2D eigenvalue weighted by molar-refractivity contribution is 5.99. The Bertz CT molecular complexity index is 509. The molecule has 6 nitrogen and oxygen atoms in total. The van der Waals surface area contributed by atoms with Crippen molar-refractivity contribution in [1.29, 1.82) is 0 Å². The first-order valence-electron chi connectivity index (χ1n) is 5.62. The monoisotopic (exact) mass is 245 g/mol. The van der Waals surface area contributed by atoms with Crippen molar-refractivity contribution in [3.63, 3.8) is 0 Å². The Labute approximate surface area is 105 Å². The summed E-state index contributed by atoms with van der Waals surface area (Å²) in [6.07, 6.45) is 4.07. The van der Waals surface area contributed by atoms with Crippen LogP contribution in [0.25, 0.3) is 0 Å². The number of benzene rings is 1. The van der Waals surface area contributed by atoms with Crippen molar-refractivity contribution < 1.29 is 4.79 Å². The van der Waals surface area contributed by atoms with Crippen LogP contribution >= 0.6 is 0 Å². The third-order valence-corrected chi connectivity index (χ3v) is 2.56. The standard InChI is InChI=1S/C12H15N5O/c13-17-11-4-2-1-3-10(11)12(18)15-6-5-9-7-14-8-16-9/h1-4,7-8,17H,5-6,13H2,(H,14,16)(H,15,18). The van der Waals surface area contributed by atoms with Crippen molar-refractivity contribution >= 4 is 11.6 Å². The Morgan fingerprint density at radius 2 is 2.22 bits per heavy atom. The van der Waals surface area contributed by atoms with Crippen LogP contribution in [0.5, 0.6) is 0 Å². The number of nitrogens with zero attached hydrogens (tertiary/aromatic N) is 1. The highest BCUT2D eigenvalue weighted by Crippen LogP contribution is 2.12. The van der Waals surface area contributed by atoms with Crippen LogP contribution in [-0.4, -0.2) is 22.4 Å². The molecule has 0 radical (unpaired) electrons. The minimum absolute atomic E-state index is 0.150. The molecule has 0 saturated carbocycles. The van der Waals surface area contributed by atoms with Gasteiger partial charge in [0.15, 0.2) is 0 Å². The second kappa shape index (κ2) is 5.83. The van der Waals surface area contributed by atoms with Crippen molar-refractivity contribution in [2.24, 2.45) is 5.84 Å². The van der Waals surface area contributed by atoms with Gasteiger partial charge in [-0.3, -0.25) is 10.6 Å². The number of hydrazine groups is 1. The molecule has 5 N–H and O–H groups in total. The van der Waals surface area contributed by atoms with Gasteiger partial charge in [0, 0.05) is 24.9 Å². The average Bonchev–Trinajstić information content (AvgIpc) is 2.91. The number of anilines is 1. The van der Waals surface area contributed by atoms with Crippen molar-refractivity contribution in [2.75, 3.05) is 12.0 Å². The lowest BCUT2D eigenvalue weighted by Crippen LogP contribution is -2.27. The number of imidazole rings is 1. The molecule has 1 heterocycles. The lowest BCUT2D eigenvalue weighted by Gasteiger charge is -2.08. The van der Waals surface area contributed by atoms with Gasteiger partial charge < -0.3 is 15.7 Å². The maximum atomic E-state index is 11.9. The Morgan fingerprint density at radius 3 is 2.94 bits per heavy atom. The zero-order valence-corrected chi connectivity index (χ0v) is 9.81. The summed E-state index contributed by atoms with van der Waals surface area (Å²) in [7, 11) is 0. The number of aromatic amines is 1. The zero-order valence-electron chi connectivity index (χ0n) is 9.81. The molecule has 0 aliphatic carbocycles. The Morgan fingerprint density at radius 1 is 1.39 bits per heavy atom. The Kier molecular flexibility index (Phi) is 3.93. The molecule has 18 heavy (non-hydrogen) atoms. The van der Waals surface area contributed by atoms with Crippen LogP contribution in [0.1, 0.15) is 16.1 Å². The van der Waals surface area contributed by atoms with Gasteiger partial charge in [0.05, 0.1) is 17.6 Å². The lowest BCUT2D eigenvalue weighted by atomic mass is 10.1. The number of nitrogens with two attached hydrogens (primary N) is 1. The number of amides is 1. The summed E-state index contributed by atoms with van der Waals surface area (Å²) in [5.41, 5.74) is 4.63. The third-order valence-electron chi connectivity index (χ3n) is 2.56. The van der Waals surface area contributed by atoms with E-state index < -0.39 is 0 Å². The maximum absolute atomic E-state index is 11.9. The van der Waals surface area contributed by atoms with E-state index >= 15 is 0 Å². The van der Waals surface area contributed by atoms with Crippen molar-refractivity contribution in [1.82, 2.24) is 15.3 Å². The molecule has 0 bridgehead atoms. The number of rotatable bonds is 5. The van der Waals surface area contributed by atoms with Gasteiger partial charge in [0.2, 0.25) is 0 Å². The largest absolute Gasteiger partial charge is 0.352 e. The number of para-hydroxylation sites is 1. The topological polar surface area (TPSA) is 95.8 Å². The van der Waals surface area contributed by atoms with Crippen molar-refractivity contribution in [3.8, 4) is 0 Å². The first-order valence-corrected chi connectivity index (χ1v) is 5.62. The van der Waals surface area contributed by atoms with E-state index in [1.807, 2.05) is 6.07 Å². The number of hydrogen-bond acceptors (Lipinski definition) is 4. The molecule has 0 aliphatic heterocycles. The van der Waals surface area contributed by atoms with Crippen LogP contribution in [0.3, 0.4) is 0 Å². The predicted molar refractivity (Wildman–Crippen MR) is 68.9 cm³/mol. The van der Waals surface area contributed by atoms with Crippen LogP contribution in [0.15, 0.2) is 36.8 Å². The minimum Gasteiger partial charge on any atom is -0.352 e. The van der Waals surface area contributed by atoms with Gasteiger partial charge >= 0.3 is 0 Å². The van der Waals surface area contributed by atoms with Crippen LogP contribution in [0, 0.1) is 0 Å². The van der Waals surface area contributed by atoms with Gasteiger partial charge in [-0.2, -0.15) is 0 Å². The normalized spacial score (nSPS) is 10.1. The smallest absolute Gasteiger partial charge is 0.253 e. The fourth-order valence-corrected chi connectivity index (χ4v) is 1.63. The van der Waals surface area contributed by atoms with Crippen LogP contribution in [0.2, 0.25) is 0 Å². The van der Waals surface area contributed by atoms with Gasteiger partial charge in [0.1, 0.15) is 0 Å². The molecule has 6 heteroatoms.